The van der Waals surface area contributed by atoms with Gasteiger partial charge in [-0.15, -0.1) is 5.56 Å². The minimum Gasteiger partial charge on any atom is -0.493 e. The maximum atomic E-state index is 5.41. The second-order valence-electron chi connectivity index (χ2n) is 3.00. The number of rotatable bonds is 4. The Labute approximate surface area is 111 Å². The average molecular weight is 226 g/mol. The van der Waals surface area contributed by atoms with Gasteiger partial charge in [-0.3, -0.25) is 11.3 Å². The molecule has 0 bridgehead atoms. The first-order valence-corrected chi connectivity index (χ1v) is 5.46. The third-order valence-corrected chi connectivity index (χ3v) is 2.64. The van der Waals surface area contributed by atoms with Crippen molar-refractivity contribution in [3.05, 3.63) is 41.1 Å². The fourth-order valence-corrected chi connectivity index (χ4v) is 1.99. The van der Waals surface area contributed by atoms with Crippen molar-refractivity contribution in [3.63, 3.8) is 0 Å². The Kier molecular flexibility index (Phi) is 5.65. The Morgan fingerprint density at radius 1 is 1.25 bits per heavy atom. The van der Waals surface area contributed by atoms with Crippen molar-refractivity contribution in [2.75, 3.05) is 13.9 Å². The van der Waals surface area contributed by atoms with E-state index in [1.54, 1.807) is 7.11 Å². The number of benzene rings is 1. The van der Waals surface area contributed by atoms with Crippen molar-refractivity contribution in [1.82, 2.24) is 0 Å². The summed E-state index contributed by atoms with van der Waals surface area (Å²) in [5, 5.41) is 5.11. The van der Waals surface area contributed by atoms with Gasteiger partial charge in [0.1, 0.15) is 0 Å². The van der Waals surface area contributed by atoms with Crippen molar-refractivity contribution in [3.8, 4) is 16.9 Å². The number of thiophene rings is 1. The summed E-state index contributed by atoms with van der Waals surface area (Å²) in [5.74, 6) is 0.757. The molecule has 0 N–H and O–H groups in total. The van der Waals surface area contributed by atoms with E-state index in [0.717, 1.165) is 16.9 Å². The van der Waals surface area contributed by atoms with Crippen LogP contribution in [0.4, 0.5) is 0 Å². The second-order valence-corrected chi connectivity index (χ2v) is 3.67. The predicted molar refractivity (Wildman–Crippen MR) is 61.1 cm³/mol. The number of hydrogen-bond donors (Lipinski definition) is 0. The summed E-state index contributed by atoms with van der Waals surface area (Å²) < 4.78 is 10.3. The molecule has 0 saturated carbocycles. The Morgan fingerprint density at radius 2 is 2.00 bits per heavy atom. The summed E-state index contributed by atoms with van der Waals surface area (Å²) in [5.41, 5.74) is 2.21. The van der Waals surface area contributed by atoms with Crippen LogP contribution in [0.2, 0.25) is 0 Å². The predicted octanol–water partition coefficient (Wildman–Crippen LogP) is 0.202. The molecule has 0 unspecified atom stereocenters. The molecule has 0 spiro atoms. The van der Waals surface area contributed by atoms with Gasteiger partial charge in [-0.05, 0) is 0 Å². The summed E-state index contributed by atoms with van der Waals surface area (Å²) >= 11 is 1.51. The molecule has 0 aliphatic rings. The molecule has 0 aliphatic heterocycles. The molecule has 2 rings (SSSR count). The second kappa shape index (κ2) is 6.77. The monoisotopic (exact) mass is 226 g/mol. The standard InChI is InChI=1S/C12H11O2S.Li/c1-13-9-14-12-8-15-7-11(12)10-5-3-2-4-6-10;/h2-7H,9H2,1H3;/q-1;+1. The van der Waals surface area contributed by atoms with Crippen LogP contribution in [0.25, 0.3) is 11.1 Å². The van der Waals surface area contributed by atoms with E-state index in [2.05, 4.69) is 17.5 Å². The van der Waals surface area contributed by atoms with Crippen molar-refractivity contribution in [2.24, 2.45) is 0 Å². The quantitative estimate of drug-likeness (QED) is 0.421. The van der Waals surface area contributed by atoms with Gasteiger partial charge >= 0.3 is 18.9 Å². The molecule has 0 amide bonds. The van der Waals surface area contributed by atoms with Crippen LogP contribution in [0.5, 0.6) is 5.75 Å². The molecule has 0 aliphatic carbocycles. The normalized spacial score (nSPS) is 9.56. The first-order valence-electron chi connectivity index (χ1n) is 4.58. The molecule has 2 nitrogen and oxygen atoms in total. The fourth-order valence-electron chi connectivity index (χ4n) is 1.29. The third kappa shape index (κ3) is 3.13. The average Bonchev–Trinajstić information content (AvgIpc) is 2.75. The smallest absolute Gasteiger partial charge is 0.493 e. The van der Waals surface area contributed by atoms with Crippen LogP contribution >= 0.6 is 11.3 Å². The minimum atomic E-state index is 0. The third-order valence-electron chi connectivity index (χ3n) is 1.98. The Balaban J connectivity index is 0.00000128. The first kappa shape index (κ1) is 13.3. The Hall–Kier alpha value is -0.723. The molecule has 1 aromatic carbocycles. The van der Waals surface area contributed by atoms with Crippen LogP contribution < -0.4 is 23.6 Å². The summed E-state index contributed by atoms with van der Waals surface area (Å²) in [6.45, 7) is 0.257. The molecular formula is C12H11LiO2S. The van der Waals surface area contributed by atoms with Crippen LogP contribution in [0, 0.1) is 5.38 Å². The van der Waals surface area contributed by atoms with E-state index >= 15 is 0 Å². The molecule has 78 valence electrons. The summed E-state index contributed by atoms with van der Waals surface area (Å²) in [4.78, 5) is 0. The van der Waals surface area contributed by atoms with E-state index < -0.39 is 0 Å². The van der Waals surface area contributed by atoms with Crippen LogP contribution in [0.15, 0.2) is 35.7 Å². The van der Waals surface area contributed by atoms with E-state index in [4.69, 9.17) is 9.47 Å². The van der Waals surface area contributed by atoms with Gasteiger partial charge in [0.2, 0.25) is 0 Å². The molecule has 4 heteroatoms. The molecule has 0 saturated heterocycles. The maximum Gasteiger partial charge on any atom is 1.00 e. The van der Waals surface area contributed by atoms with E-state index in [0.29, 0.717) is 0 Å². The topological polar surface area (TPSA) is 18.5 Å². The van der Waals surface area contributed by atoms with Gasteiger partial charge in [-0.25, -0.2) is 0 Å². The molecule has 0 radical (unpaired) electrons. The van der Waals surface area contributed by atoms with E-state index in [1.807, 2.05) is 23.6 Å². The number of ether oxygens (including phenoxy) is 2. The van der Waals surface area contributed by atoms with Gasteiger partial charge < -0.3 is 9.47 Å². The number of methoxy groups -OCH3 is 1. The van der Waals surface area contributed by atoms with Crippen molar-refractivity contribution >= 4 is 11.3 Å². The maximum absolute atomic E-state index is 5.41. The van der Waals surface area contributed by atoms with Crippen LogP contribution in [-0.2, 0) is 4.74 Å². The van der Waals surface area contributed by atoms with Crippen LogP contribution in [-0.4, -0.2) is 13.9 Å². The Bertz CT molecular complexity index is 414. The largest absolute Gasteiger partial charge is 1.00 e. The zero-order valence-corrected chi connectivity index (χ0v) is 10.2. The van der Waals surface area contributed by atoms with Crippen LogP contribution in [0.1, 0.15) is 0 Å². The van der Waals surface area contributed by atoms with Crippen molar-refractivity contribution in [1.29, 1.82) is 0 Å². The minimum absolute atomic E-state index is 0. The van der Waals surface area contributed by atoms with Gasteiger partial charge in [0, 0.05) is 12.9 Å². The van der Waals surface area contributed by atoms with Gasteiger partial charge in [0.05, 0.1) is 0 Å². The molecule has 0 fully saturated rings. The van der Waals surface area contributed by atoms with E-state index in [-0.39, 0.29) is 25.7 Å². The molecule has 1 heterocycles. The fraction of sp³-hybridized carbons (Fsp3) is 0.167. The first-order chi connectivity index (χ1) is 7.42. The zero-order valence-electron chi connectivity index (χ0n) is 9.40. The Morgan fingerprint density at radius 3 is 2.69 bits per heavy atom. The van der Waals surface area contributed by atoms with Crippen molar-refractivity contribution < 1.29 is 28.3 Å². The van der Waals surface area contributed by atoms with E-state index in [1.165, 1.54) is 11.3 Å². The van der Waals surface area contributed by atoms with Gasteiger partial charge in [-0.2, -0.15) is 5.38 Å². The van der Waals surface area contributed by atoms with Gasteiger partial charge in [0.25, 0.3) is 0 Å². The molecule has 0 atom stereocenters. The summed E-state index contributed by atoms with van der Waals surface area (Å²) in [6.07, 6.45) is 0. The summed E-state index contributed by atoms with van der Waals surface area (Å²) in [7, 11) is 1.61. The molecular weight excluding hydrogens is 215 g/mol. The summed E-state index contributed by atoms with van der Waals surface area (Å²) in [6, 6.07) is 10.1. The number of hydrogen-bond acceptors (Lipinski definition) is 3. The van der Waals surface area contributed by atoms with Gasteiger partial charge in [-0.1, -0.05) is 41.3 Å². The van der Waals surface area contributed by atoms with Crippen molar-refractivity contribution in [2.45, 2.75) is 0 Å². The molecule has 1 aromatic heterocycles. The SMILES string of the molecule is COCOc1[c-]scc1-c1ccccc1.[Li+]. The van der Waals surface area contributed by atoms with Crippen LogP contribution in [0.3, 0.4) is 0 Å². The van der Waals surface area contributed by atoms with Gasteiger partial charge in [0.15, 0.2) is 6.79 Å². The molecule has 2 aromatic rings. The van der Waals surface area contributed by atoms with E-state index in [9.17, 15) is 0 Å². The zero-order chi connectivity index (χ0) is 10.5. The molecule has 16 heavy (non-hydrogen) atoms.